The van der Waals surface area contributed by atoms with Gasteiger partial charge in [-0.15, -0.1) is 0 Å². The zero-order chi connectivity index (χ0) is 14.4. The standard InChI is InChI=1S/C17H21NO2/c1-19-16-10-9-14(12-17(16)20-2)6-3-5-13-7-4-8-15(18)11-13/h4,7-12H,3,5-6,18H2,1-2H3. The Morgan fingerprint density at radius 2 is 1.55 bits per heavy atom. The molecule has 3 heteroatoms. The Hall–Kier alpha value is -2.16. The molecule has 0 unspecified atom stereocenters. The number of aryl methyl sites for hydroxylation is 2. The van der Waals surface area contributed by atoms with Crippen molar-refractivity contribution in [3.63, 3.8) is 0 Å². The molecule has 3 nitrogen and oxygen atoms in total. The van der Waals surface area contributed by atoms with E-state index >= 15 is 0 Å². The van der Waals surface area contributed by atoms with Gasteiger partial charge in [0.1, 0.15) is 0 Å². The molecule has 0 aliphatic rings. The van der Waals surface area contributed by atoms with Crippen LogP contribution in [-0.2, 0) is 12.8 Å². The normalized spacial score (nSPS) is 10.3. The Balaban J connectivity index is 1.94. The molecule has 2 rings (SSSR count). The van der Waals surface area contributed by atoms with Crippen molar-refractivity contribution in [2.24, 2.45) is 0 Å². The van der Waals surface area contributed by atoms with E-state index in [1.54, 1.807) is 14.2 Å². The third kappa shape index (κ3) is 3.67. The van der Waals surface area contributed by atoms with Crippen LogP contribution in [0.5, 0.6) is 11.5 Å². The van der Waals surface area contributed by atoms with Crippen LogP contribution in [0.1, 0.15) is 17.5 Å². The quantitative estimate of drug-likeness (QED) is 0.818. The van der Waals surface area contributed by atoms with Gasteiger partial charge < -0.3 is 15.2 Å². The second-order valence-corrected chi connectivity index (χ2v) is 4.79. The van der Waals surface area contributed by atoms with E-state index in [1.807, 2.05) is 30.3 Å². The summed E-state index contributed by atoms with van der Waals surface area (Å²) in [6.45, 7) is 0. The molecule has 20 heavy (non-hydrogen) atoms. The number of nitrogens with two attached hydrogens (primary N) is 1. The van der Waals surface area contributed by atoms with E-state index < -0.39 is 0 Å². The number of hydrogen-bond acceptors (Lipinski definition) is 3. The number of nitrogen functional groups attached to an aromatic ring is 1. The Bertz CT molecular complexity index is 567. The van der Waals surface area contributed by atoms with Crippen molar-refractivity contribution in [3.05, 3.63) is 53.6 Å². The molecule has 0 saturated carbocycles. The van der Waals surface area contributed by atoms with E-state index in [-0.39, 0.29) is 0 Å². The topological polar surface area (TPSA) is 44.5 Å². The van der Waals surface area contributed by atoms with E-state index in [9.17, 15) is 0 Å². The average Bonchev–Trinajstić information content (AvgIpc) is 2.47. The van der Waals surface area contributed by atoms with Crippen LogP contribution in [0.25, 0.3) is 0 Å². The van der Waals surface area contributed by atoms with E-state index in [0.29, 0.717) is 0 Å². The average molecular weight is 271 g/mol. The highest BCUT2D eigenvalue weighted by Crippen LogP contribution is 2.28. The van der Waals surface area contributed by atoms with Crippen LogP contribution in [0.4, 0.5) is 5.69 Å². The van der Waals surface area contributed by atoms with E-state index in [0.717, 1.165) is 36.4 Å². The molecule has 0 aromatic heterocycles. The maximum Gasteiger partial charge on any atom is 0.160 e. The van der Waals surface area contributed by atoms with Gasteiger partial charge in [0.2, 0.25) is 0 Å². The second kappa shape index (κ2) is 6.85. The minimum atomic E-state index is 0.770. The van der Waals surface area contributed by atoms with E-state index in [1.165, 1.54) is 11.1 Å². The first kappa shape index (κ1) is 14.3. The smallest absolute Gasteiger partial charge is 0.160 e. The maximum absolute atomic E-state index is 5.78. The Labute approximate surface area is 120 Å². The lowest BCUT2D eigenvalue weighted by Crippen LogP contribution is -1.95. The SMILES string of the molecule is COc1ccc(CCCc2cccc(N)c2)cc1OC. The number of anilines is 1. The molecule has 2 aromatic rings. The number of methoxy groups -OCH3 is 2. The molecule has 2 aromatic carbocycles. The molecule has 2 N–H and O–H groups in total. The molecule has 0 aliphatic heterocycles. The Morgan fingerprint density at radius 3 is 2.20 bits per heavy atom. The van der Waals surface area contributed by atoms with Crippen molar-refractivity contribution in [2.45, 2.75) is 19.3 Å². The fraction of sp³-hybridized carbons (Fsp3) is 0.294. The first-order valence-electron chi connectivity index (χ1n) is 6.78. The molecule has 0 amide bonds. The van der Waals surface area contributed by atoms with Crippen LogP contribution in [0, 0.1) is 0 Å². The van der Waals surface area contributed by atoms with E-state index in [4.69, 9.17) is 15.2 Å². The van der Waals surface area contributed by atoms with Gasteiger partial charge in [0, 0.05) is 5.69 Å². The zero-order valence-corrected chi connectivity index (χ0v) is 12.1. The molecule has 0 radical (unpaired) electrons. The van der Waals surface area contributed by atoms with Gasteiger partial charge in [0.15, 0.2) is 11.5 Å². The van der Waals surface area contributed by atoms with Gasteiger partial charge >= 0.3 is 0 Å². The number of ether oxygens (including phenoxy) is 2. The van der Waals surface area contributed by atoms with Gasteiger partial charge in [-0.25, -0.2) is 0 Å². The van der Waals surface area contributed by atoms with Crippen molar-refractivity contribution in [3.8, 4) is 11.5 Å². The lowest BCUT2D eigenvalue weighted by molar-refractivity contribution is 0.354. The minimum absolute atomic E-state index is 0.770. The molecule has 0 fully saturated rings. The van der Waals surface area contributed by atoms with Gasteiger partial charge in [-0.3, -0.25) is 0 Å². The van der Waals surface area contributed by atoms with Crippen molar-refractivity contribution >= 4 is 5.69 Å². The summed E-state index contributed by atoms with van der Waals surface area (Å²) in [5, 5.41) is 0. The van der Waals surface area contributed by atoms with Crippen molar-refractivity contribution in [2.75, 3.05) is 20.0 Å². The molecule has 106 valence electrons. The van der Waals surface area contributed by atoms with Crippen LogP contribution in [0.3, 0.4) is 0 Å². The first-order chi connectivity index (χ1) is 9.72. The monoisotopic (exact) mass is 271 g/mol. The predicted molar refractivity (Wildman–Crippen MR) is 82.4 cm³/mol. The van der Waals surface area contributed by atoms with Crippen LogP contribution in [-0.4, -0.2) is 14.2 Å². The molecular formula is C17H21NO2. The molecule has 0 aliphatic carbocycles. The Kier molecular flexibility index (Phi) is 4.88. The number of hydrogen-bond donors (Lipinski definition) is 1. The summed E-state index contributed by atoms with van der Waals surface area (Å²) in [6.07, 6.45) is 3.12. The van der Waals surface area contributed by atoms with E-state index in [2.05, 4.69) is 12.1 Å². The minimum Gasteiger partial charge on any atom is -0.493 e. The van der Waals surface area contributed by atoms with Crippen LogP contribution in [0.2, 0.25) is 0 Å². The second-order valence-electron chi connectivity index (χ2n) is 4.79. The largest absolute Gasteiger partial charge is 0.493 e. The van der Waals surface area contributed by atoms with Crippen molar-refractivity contribution in [1.29, 1.82) is 0 Å². The van der Waals surface area contributed by atoms with Gasteiger partial charge in [-0.2, -0.15) is 0 Å². The molecule has 0 spiro atoms. The number of benzene rings is 2. The van der Waals surface area contributed by atoms with Gasteiger partial charge in [-0.05, 0) is 54.7 Å². The lowest BCUT2D eigenvalue weighted by atomic mass is 10.0. The van der Waals surface area contributed by atoms with Gasteiger partial charge in [-0.1, -0.05) is 18.2 Å². The highest BCUT2D eigenvalue weighted by atomic mass is 16.5. The van der Waals surface area contributed by atoms with Crippen LogP contribution in [0.15, 0.2) is 42.5 Å². The molecule has 0 bridgehead atoms. The summed E-state index contributed by atoms with van der Waals surface area (Å²) >= 11 is 0. The fourth-order valence-electron chi connectivity index (χ4n) is 2.28. The summed E-state index contributed by atoms with van der Waals surface area (Å²) in [7, 11) is 3.31. The summed E-state index contributed by atoms with van der Waals surface area (Å²) in [6, 6.07) is 14.1. The lowest BCUT2D eigenvalue weighted by Gasteiger charge is -2.09. The third-order valence-corrected chi connectivity index (χ3v) is 3.33. The predicted octanol–water partition coefficient (Wildman–Crippen LogP) is 3.46. The molecule has 0 saturated heterocycles. The highest BCUT2D eigenvalue weighted by molar-refractivity contribution is 5.43. The van der Waals surface area contributed by atoms with Crippen molar-refractivity contribution in [1.82, 2.24) is 0 Å². The summed E-state index contributed by atoms with van der Waals surface area (Å²) < 4.78 is 10.6. The molecular weight excluding hydrogens is 250 g/mol. The third-order valence-electron chi connectivity index (χ3n) is 3.33. The summed E-state index contributed by atoms with van der Waals surface area (Å²) in [4.78, 5) is 0. The summed E-state index contributed by atoms with van der Waals surface area (Å²) in [5.41, 5.74) is 9.15. The molecule has 0 heterocycles. The summed E-state index contributed by atoms with van der Waals surface area (Å²) in [5.74, 6) is 1.56. The van der Waals surface area contributed by atoms with Crippen LogP contribution < -0.4 is 15.2 Å². The first-order valence-corrected chi connectivity index (χ1v) is 6.78. The highest BCUT2D eigenvalue weighted by Gasteiger charge is 2.04. The van der Waals surface area contributed by atoms with Gasteiger partial charge in [0.25, 0.3) is 0 Å². The molecule has 0 atom stereocenters. The van der Waals surface area contributed by atoms with Crippen LogP contribution >= 0.6 is 0 Å². The zero-order valence-electron chi connectivity index (χ0n) is 12.1. The Morgan fingerprint density at radius 1 is 0.850 bits per heavy atom. The maximum atomic E-state index is 5.78. The number of rotatable bonds is 6. The van der Waals surface area contributed by atoms with Crippen molar-refractivity contribution < 1.29 is 9.47 Å². The fourth-order valence-corrected chi connectivity index (χ4v) is 2.28. The van der Waals surface area contributed by atoms with Gasteiger partial charge in [0.05, 0.1) is 14.2 Å².